The number of nitrogens with one attached hydrogen (secondary N) is 1. The number of nitrogen functional groups attached to an aromatic ring is 1. The van der Waals surface area contributed by atoms with Gasteiger partial charge in [-0.3, -0.25) is 4.55 Å². The number of nitrogens with two attached hydrogens (primary N) is 1. The molecule has 1 aliphatic rings. The third-order valence-corrected chi connectivity index (χ3v) is 6.42. The standard InChI is InChI=1S/C24H25FN8O3S/c25-20-15(4-2-8-29-37(34)35)3-1-5-17(20)18-6-7-19-21(30-18)23(33-9-11-36-12-10-33)32-22(31-19)16-13-27-24(26)28-14-16/h1,3,5-7,13-14,29H,2,4,8-12H2,(H,34,35)(H2,26,27,28). The van der Waals surface area contributed by atoms with Gasteiger partial charge in [0.2, 0.25) is 17.2 Å². The molecule has 0 amide bonds. The molecule has 1 aliphatic heterocycles. The lowest BCUT2D eigenvalue weighted by Gasteiger charge is -2.28. The number of pyridine rings is 1. The molecule has 13 heteroatoms. The predicted molar refractivity (Wildman–Crippen MR) is 138 cm³/mol. The van der Waals surface area contributed by atoms with Crippen LogP contribution in [0.4, 0.5) is 16.2 Å². The molecule has 1 unspecified atom stereocenters. The Labute approximate surface area is 214 Å². The molecule has 1 saturated heterocycles. The molecule has 0 aliphatic carbocycles. The maximum Gasteiger partial charge on any atom is 0.231 e. The molecule has 0 saturated carbocycles. The average Bonchev–Trinajstić information content (AvgIpc) is 2.92. The van der Waals surface area contributed by atoms with Gasteiger partial charge in [0.15, 0.2) is 11.6 Å². The van der Waals surface area contributed by atoms with Crippen molar-refractivity contribution in [2.75, 3.05) is 43.5 Å². The van der Waals surface area contributed by atoms with E-state index >= 15 is 4.39 Å². The quantitative estimate of drug-likeness (QED) is 0.231. The molecule has 4 N–H and O–H groups in total. The first-order valence-electron chi connectivity index (χ1n) is 11.7. The van der Waals surface area contributed by atoms with E-state index in [0.717, 1.165) is 0 Å². The Bertz CT molecular complexity index is 1430. The van der Waals surface area contributed by atoms with Crippen molar-refractivity contribution in [2.45, 2.75) is 12.8 Å². The van der Waals surface area contributed by atoms with Crippen LogP contribution in [-0.4, -0.2) is 66.5 Å². The van der Waals surface area contributed by atoms with Crippen molar-refractivity contribution in [1.82, 2.24) is 29.6 Å². The summed E-state index contributed by atoms with van der Waals surface area (Å²) in [6, 6.07) is 8.71. The Morgan fingerprint density at radius 2 is 1.89 bits per heavy atom. The largest absolute Gasteiger partial charge is 0.378 e. The van der Waals surface area contributed by atoms with Crippen LogP contribution in [0, 0.1) is 5.82 Å². The fourth-order valence-corrected chi connectivity index (χ4v) is 4.46. The van der Waals surface area contributed by atoms with E-state index in [2.05, 4.69) is 24.6 Å². The molecular formula is C24H25FN8O3S. The number of aromatic nitrogens is 5. The van der Waals surface area contributed by atoms with E-state index in [4.69, 9.17) is 25.0 Å². The second-order valence-corrected chi connectivity index (χ2v) is 9.18. The third-order valence-electron chi connectivity index (χ3n) is 5.97. The lowest BCUT2D eigenvalue weighted by molar-refractivity contribution is 0.122. The van der Waals surface area contributed by atoms with E-state index in [0.29, 0.717) is 90.7 Å². The number of nitrogens with zero attached hydrogens (tertiary/aromatic N) is 6. The molecule has 1 aromatic carbocycles. The number of ether oxygens (including phenoxy) is 1. The summed E-state index contributed by atoms with van der Waals surface area (Å²) >= 11 is -2.09. The van der Waals surface area contributed by atoms with Gasteiger partial charge in [-0.2, -0.15) is 0 Å². The molecule has 192 valence electrons. The van der Waals surface area contributed by atoms with Crippen molar-refractivity contribution in [2.24, 2.45) is 0 Å². The number of hydrogen-bond donors (Lipinski definition) is 3. The lowest BCUT2D eigenvalue weighted by atomic mass is 10.0. The molecule has 4 aromatic rings. The summed E-state index contributed by atoms with van der Waals surface area (Å²) in [5.74, 6) is 0.854. The second kappa shape index (κ2) is 11.2. The van der Waals surface area contributed by atoms with Gasteiger partial charge in [0.1, 0.15) is 11.3 Å². The molecule has 4 heterocycles. The molecule has 0 spiro atoms. The number of aryl methyl sites for hydroxylation is 1. The maximum atomic E-state index is 15.5. The normalized spacial score (nSPS) is 14.7. The number of rotatable bonds is 8. The fraction of sp³-hybridized carbons (Fsp3) is 0.292. The molecule has 1 fully saturated rings. The number of anilines is 2. The summed E-state index contributed by atoms with van der Waals surface area (Å²) < 4.78 is 43.0. The minimum Gasteiger partial charge on any atom is -0.378 e. The monoisotopic (exact) mass is 524 g/mol. The van der Waals surface area contributed by atoms with Crippen LogP contribution in [0.25, 0.3) is 33.7 Å². The molecule has 3 aromatic heterocycles. The van der Waals surface area contributed by atoms with Crippen LogP contribution >= 0.6 is 0 Å². The van der Waals surface area contributed by atoms with Gasteiger partial charge in [0.05, 0.1) is 30.0 Å². The highest BCUT2D eigenvalue weighted by molar-refractivity contribution is 7.77. The van der Waals surface area contributed by atoms with Crippen molar-refractivity contribution in [1.29, 1.82) is 0 Å². The number of hydrogen-bond acceptors (Lipinski definition) is 9. The van der Waals surface area contributed by atoms with E-state index < -0.39 is 11.3 Å². The van der Waals surface area contributed by atoms with Crippen molar-refractivity contribution in [3.8, 4) is 22.6 Å². The van der Waals surface area contributed by atoms with Gasteiger partial charge in [0, 0.05) is 37.6 Å². The SMILES string of the molecule is Nc1ncc(-c2nc(N3CCOCC3)c3nc(-c4cccc(CCCNS(=O)O)c4F)ccc3n2)cn1. The number of benzene rings is 1. The highest BCUT2D eigenvalue weighted by atomic mass is 32.2. The van der Waals surface area contributed by atoms with Crippen LogP contribution in [0.2, 0.25) is 0 Å². The van der Waals surface area contributed by atoms with Crippen molar-refractivity contribution in [3.63, 3.8) is 0 Å². The molecular weight excluding hydrogens is 499 g/mol. The molecule has 37 heavy (non-hydrogen) atoms. The Morgan fingerprint density at radius 3 is 2.65 bits per heavy atom. The first-order chi connectivity index (χ1) is 18.0. The zero-order valence-corrected chi connectivity index (χ0v) is 20.6. The van der Waals surface area contributed by atoms with Crippen LogP contribution in [-0.2, 0) is 22.4 Å². The van der Waals surface area contributed by atoms with Crippen LogP contribution in [0.5, 0.6) is 0 Å². The Hall–Kier alpha value is -3.65. The molecule has 5 rings (SSSR count). The lowest BCUT2D eigenvalue weighted by Crippen LogP contribution is -2.37. The van der Waals surface area contributed by atoms with Gasteiger partial charge in [-0.25, -0.2) is 38.2 Å². The van der Waals surface area contributed by atoms with Crippen LogP contribution in [0.3, 0.4) is 0 Å². The summed E-state index contributed by atoms with van der Waals surface area (Å²) in [4.78, 5) is 24.4. The fourth-order valence-electron chi connectivity index (χ4n) is 4.14. The smallest absolute Gasteiger partial charge is 0.231 e. The van der Waals surface area contributed by atoms with Crippen molar-refractivity contribution >= 4 is 34.1 Å². The second-order valence-electron chi connectivity index (χ2n) is 8.39. The minimum absolute atomic E-state index is 0.160. The van der Waals surface area contributed by atoms with E-state index in [9.17, 15) is 4.21 Å². The summed E-state index contributed by atoms with van der Waals surface area (Å²) in [7, 11) is 0. The zero-order valence-electron chi connectivity index (χ0n) is 19.8. The minimum atomic E-state index is -2.09. The summed E-state index contributed by atoms with van der Waals surface area (Å²) in [5.41, 5.74) is 8.74. The van der Waals surface area contributed by atoms with Gasteiger partial charge >= 0.3 is 0 Å². The Morgan fingerprint density at radius 1 is 1.11 bits per heavy atom. The van der Waals surface area contributed by atoms with Crippen molar-refractivity contribution in [3.05, 3.63) is 54.1 Å². The summed E-state index contributed by atoms with van der Waals surface area (Å²) in [6.45, 7) is 2.67. The first-order valence-corrected chi connectivity index (χ1v) is 12.8. The number of halogens is 1. The summed E-state index contributed by atoms with van der Waals surface area (Å²) in [5, 5.41) is 0. The number of fused-ring (bicyclic) bond motifs is 1. The van der Waals surface area contributed by atoms with E-state index in [1.54, 1.807) is 42.7 Å². The predicted octanol–water partition coefficient (Wildman–Crippen LogP) is 2.37. The molecule has 11 nitrogen and oxygen atoms in total. The van der Waals surface area contributed by atoms with Gasteiger partial charge < -0.3 is 15.4 Å². The van der Waals surface area contributed by atoms with E-state index in [-0.39, 0.29) is 11.8 Å². The van der Waals surface area contributed by atoms with Crippen molar-refractivity contribution < 1.29 is 17.9 Å². The summed E-state index contributed by atoms with van der Waals surface area (Å²) in [6.07, 6.45) is 4.06. The Kier molecular flexibility index (Phi) is 7.55. The van der Waals surface area contributed by atoms with Gasteiger partial charge in [-0.05, 0) is 36.6 Å². The van der Waals surface area contributed by atoms with Crippen LogP contribution in [0.15, 0.2) is 42.7 Å². The maximum absolute atomic E-state index is 15.5. The van der Waals surface area contributed by atoms with Gasteiger partial charge in [-0.15, -0.1) is 0 Å². The highest BCUT2D eigenvalue weighted by Gasteiger charge is 2.21. The van der Waals surface area contributed by atoms with Gasteiger partial charge in [0.25, 0.3) is 0 Å². The van der Waals surface area contributed by atoms with E-state index in [1.807, 2.05) is 0 Å². The molecule has 0 radical (unpaired) electrons. The average molecular weight is 525 g/mol. The third kappa shape index (κ3) is 5.69. The Balaban J connectivity index is 1.54. The molecule has 1 atom stereocenters. The van der Waals surface area contributed by atoms with Crippen LogP contribution in [0.1, 0.15) is 12.0 Å². The van der Waals surface area contributed by atoms with E-state index in [1.165, 1.54) is 0 Å². The molecule has 0 bridgehead atoms. The number of morpholine rings is 1. The topological polar surface area (TPSA) is 152 Å². The highest BCUT2D eigenvalue weighted by Crippen LogP contribution is 2.31. The van der Waals surface area contributed by atoms with Gasteiger partial charge in [-0.1, -0.05) is 12.1 Å². The first kappa shape index (κ1) is 25.0. The zero-order chi connectivity index (χ0) is 25.8. The van der Waals surface area contributed by atoms with Crippen LogP contribution < -0.4 is 15.4 Å².